The average molecular weight is 353 g/mol. The van der Waals surface area contributed by atoms with Crippen LogP contribution in [0.3, 0.4) is 0 Å². The number of aliphatic hydroxyl groups is 1. The molecule has 1 amide bonds. The molecule has 1 fully saturated rings. The van der Waals surface area contributed by atoms with E-state index in [1.165, 1.54) is 57.8 Å². The molecule has 0 aromatic heterocycles. The average Bonchev–Trinajstić information content (AvgIpc) is 3.04. The summed E-state index contributed by atoms with van der Waals surface area (Å²) >= 11 is 0. The van der Waals surface area contributed by atoms with Gasteiger partial charge in [0, 0.05) is 6.42 Å². The van der Waals surface area contributed by atoms with Gasteiger partial charge in [-0.3, -0.25) is 10.1 Å². The van der Waals surface area contributed by atoms with Gasteiger partial charge in [-0.05, 0) is 63.8 Å². The quantitative estimate of drug-likeness (QED) is 0.234. The monoisotopic (exact) mass is 352 g/mol. The molecule has 1 aliphatic carbocycles. The third kappa shape index (κ3) is 12.2. The molecule has 25 heavy (non-hydrogen) atoms. The summed E-state index contributed by atoms with van der Waals surface area (Å²) in [5.74, 6) is 1.63. The highest BCUT2D eigenvalue weighted by Gasteiger charge is 2.22. The lowest BCUT2D eigenvalue weighted by Gasteiger charge is -2.11. The minimum atomic E-state index is -0.326. The molecular formula is C21H40N2O2. The van der Waals surface area contributed by atoms with E-state index < -0.39 is 0 Å². The molecule has 4 nitrogen and oxygen atoms in total. The molecule has 4 N–H and O–H groups in total. The fraction of sp³-hybridized carbons (Fsp3) is 0.857. The van der Waals surface area contributed by atoms with E-state index in [2.05, 4.69) is 17.5 Å². The molecule has 0 aliphatic heterocycles. The van der Waals surface area contributed by atoms with E-state index in [1.807, 2.05) is 0 Å². The number of unbranched alkanes of at least 4 members (excludes halogenated alkanes) is 5. The second kappa shape index (κ2) is 14.3. The molecule has 0 saturated heterocycles. The van der Waals surface area contributed by atoms with E-state index in [0.717, 1.165) is 37.5 Å². The highest BCUT2D eigenvalue weighted by Crippen LogP contribution is 2.36. The van der Waals surface area contributed by atoms with Gasteiger partial charge in [-0.15, -0.1) is 0 Å². The lowest BCUT2D eigenvalue weighted by molar-refractivity contribution is -0.118. The number of primary amides is 1. The number of hydrogen-bond acceptors (Lipinski definition) is 3. The Bertz CT molecular complexity index is 371. The molecular weight excluding hydrogens is 312 g/mol. The smallest absolute Gasteiger partial charge is 0.217 e. The zero-order chi connectivity index (χ0) is 18.3. The molecule has 1 saturated carbocycles. The van der Waals surface area contributed by atoms with Crippen molar-refractivity contribution >= 4 is 5.91 Å². The predicted octanol–water partition coefficient (Wildman–Crippen LogP) is 4.27. The van der Waals surface area contributed by atoms with Crippen LogP contribution in [0.15, 0.2) is 12.2 Å². The summed E-state index contributed by atoms with van der Waals surface area (Å²) in [5.41, 5.74) is 5.14. The van der Waals surface area contributed by atoms with Crippen molar-refractivity contribution < 1.29 is 9.90 Å². The number of rotatable bonds is 15. The Morgan fingerprint density at radius 3 is 2.60 bits per heavy atom. The van der Waals surface area contributed by atoms with Gasteiger partial charge in [-0.1, -0.05) is 50.7 Å². The van der Waals surface area contributed by atoms with Gasteiger partial charge < -0.3 is 10.8 Å². The Kier molecular flexibility index (Phi) is 12.7. The molecule has 0 aromatic rings. The van der Waals surface area contributed by atoms with Crippen LogP contribution in [0.5, 0.6) is 0 Å². The molecule has 0 spiro atoms. The number of carbonyl (C=O) groups excluding carboxylic acids is 1. The lowest BCUT2D eigenvalue weighted by Crippen LogP contribution is -2.23. The largest absolute Gasteiger partial charge is 0.379 e. The molecule has 146 valence electrons. The lowest BCUT2D eigenvalue weighted by atomic mass is 9.96. The molecule has 4 heteroatoms. The van der Waals surface area contributed by atoms with Crippen LogP contribution in [-0.4, -0.2) is 24.3 Å². The number of nitrogens with one attached hydrogen (secondary N) is 1. The minimum Gasteiger partial charge on any atom is -0.379 e. The zero-order valence-electron chi connectivity index (χ0n) is 16.2. The number of aliphatic hydroxyl groups excluding tert-OH is 1. The molecule has 0 aromatic carbocycles. The van der Waals surface area contributed by atoms with Gasteiger partial charge >= 0.3 is 0 Å². The van der Waals surface area contributed by atoms with Crippen molar-refractivity contribution in [3.05, 3.63) is 12.2 Å². The minimum absolute atomic E-state index is 0.192. The predicted molar refractivity (Wildman–Crippen MR) is 105 cm³/mol. The van der Waals surface area contributed by atoms with E-state index in [-0.39, 0.29) is 12.1 Å². The Labute approximate surface area is 154 Å². The number of carbonyl (C=O) groups is 1. The summed E-state index contributed by atoms with van der Waals surface area (Å²) in [5, 5.41) is 12.3. The van der Waals surface area contributed by atoms with Gasteiger partial charge in [0.1, 0.15) is 6.23 Å². The summed E-state index contributed by atoms with van der Waals surface area (Å²) < 4.78 is 0. The Balaban J connectivity index is 1.93. The fourth-order valence-corrected chi connectivity index (χ4v) is 3.90. The van der Waals surface area contributed by atoms with Gasteiger partial charge in [0.05, 0.1) is 0 Å². The number of nitrogens with two attached hydrogens (primary N) is 1. The second-order valence-corrected chi connectivity index (χ2v) is 7.76. The molecule has 1 aliphatic rings. The van der Waals surface area contributed by atoms with Crippen LogP contribution in [0.1, 0.15) is 89.9 Å². The summed E-state index contributed by atoms with van der Waals surface area (Å²) in [6, 6.07) is 0. The van der Waals surface area contributed by atoms with E-state index in [0.29, 0.717) is 6.42 Å². The van der Waals surface area contributed by atoms with Crippen molar-refractivity contribution in [3.8, 4) is 0 Å². The van der Waals surface area contributed by atoms with Gasteiger partial charge in [-0.2, -0.15) is 0 Å². The Morgan fingerprint density at radius 2 is 1.84 bits per heavy atom. The third-order valence-electron chi connectivity index (χ3n) is 5.50. The van der Waals surface area contributed by atoms with E-state index in [4.69, 9.17) is 5.73 Å². The Hall–Kier alpha value is -0.870. The van der Waals surface area contributed by atoms with Crippen molar-refractivity contribution in [2.24, 2.45) is 17.6 Å². The van der Waals surface area contributed by atoms with E-state index >= 15 is 0 Å². The first kappa shape index (κ1) is 22.2. The normalized spacial score (nSPS) is 21.8. The highest BCUT2D eigenvalue weighted by atomic mass is 16.3. The van der Waals surface area contributed by atoms with Crippen LogP contribution < -0.4 is 11.1 Å². The summed E-state index contributed by atoms with van der Waals surface area (Å²) in [7, 11) is 1.80. The maximum atomic E-state index is 10.7. The van der Waals surface area contributed by atoms with Crippen LogP contribution in [0.25, 0.3) is 0 Å². The highest BCUT2D eigenvalue weighted by molar-refractivity contribution is 5.73. The zero-order valence-corrected chi connectivity index (χ0v) is 16.2. The first-order valence-corrected chi connectivity index (χ1v) is 10.4. The molecule has 0 heterocycles. The first-order valence-electron chi connectivity index (χ1n) is 10.4. The number of amides is 1. The standard InChI is InChI=1S/C21H40N2O2/c1-23-21(25)14-10-4-2-3-7-11-18-15-16-19(17-18)12-8-5-6-9-13-20(22)24/h5,8,18-19,21,23,25H,2-4,6-7,9-17H2,1H3,(H2,22,24)/b8-5-. The van der Waals surface area contributed by atoms with Crippen LogP contribution in [-0.2, 0) is 4.79 Å². The summed E-state index contributed by atoms with van der Waals surface area (Å²) in [4.78, 5) is 10.7. The molecule has 0 bridgehead atoms. The van der Waals surface area contributed by atoms with Crippen LogP contribution in [0.4, 0.5) is 0 Å². The van der Waals surface area contributed by atoms with E-state index in [1.54, 1.807) is 7.05 Å². The van der Waals surface area contributed by atoms with Crippen molar-refractivity contribution in [2.75, 3.05) is 7.05 Å². The maximum Gasteiger partial charge on any atom is 0.217 e. The van der Waals surface area contributed by atoms with Crippen molar-refractivity contribution in [2.45, 2.75) is 96.1 Å². The van der Waals surface area contributed by atoms with Crippen LogP contribution in [0, 0.1) is 11.8 Å². The van der Waals surface area contributed by atoms with Crippen molar-refractivity contribution in [3.63, 3.8) is 0 Å². The maximum absolute atomic E-state index is 10.7. The van der Waals surface area contributed by atoms with Crippen molar-refractivity contribution in [1.29, 1.82) is 0 Å². The summed E-state index contributed by atoms with van der Waals surface area (Å²) in [6.07, 6.45) is 20.6. The van der Waals surface area contributed by atoms with Crippen LogP contribution in [0.2, 0.25) is 0 Å². The van der Waals surface area contributed by atoms with Crippen molar-refractivity contribution in [1.82, 2.24) is 5.32 Å². The molecule has 1 rings (SSSR count). The van der Waals surface area contributed by atoms with Gasteiger partial charge in [-0.25, -0.2) is 0 Å². The number of allylic oxidation sites excluding steroid dienone is 2. The first-order chi connectivity index (χ1) is 12.1. The number of hydrogen-bond donors (Lipinski definition) is 3. The van der Waals surface area contributed by atoms with Gasteiger partial charge in [0.2, 0.25) is 5.91 Å². The van der Waals surface area contributed by atoms with Gasteiger partial charge in [0.15, 0.2) is 0 Å². The Morgan fingerprint density at radius 1 is 1.12 bits per heavy atom. The molecule has 0 radical (unpaired) electrons. The third-order valence-corrected chi connectivity index (χ3v) is 5.50. The van der Waals surface area contributed by atoms with Gasteiger partial charge in [0.25, 0.3) is 0 Å². The molecule has 3 unspecified atom stereocenters. The fourth-order valence-electron chi connectivity index (χ4n) is 3.90. The summed E-state index contributed by atoms with van der Waals surface area (Å²) in [6.45, 7) is 0. The second-order valence-electron chi connectivity index (χ2n) is 7.76. The van der Waals surface area contributed by atoms with E-state index in [9.17, 15) is 9.90 Å². The SMILES string of the molecule is CNC(O)CCCCCCCC1CCC(C/C=C\CCCC(N)=O)C1. The topological polar surface area (TPSA) is 75.3 Å². The molecule has 3 atom stereocenters. The van der Waals surface area contributed by atoms with Crippen LogP contribution >= 0.6 is 0 Å².